The molecular formula is C14H13N3S. The molecule has 0 fully saturated rings. The number of thiazole rings is 1. The first-order valence-electron chi connectivity index (χ1n) is 5.74. The van der Waals surface area contributed by atoms with Gasteiger partial charge in [-0.25, -0.2) is 9.97 Å². The highest BCUT2D eigenvalue weighted by Crippen LogP contribution is 2.33. The van der Waals surface area contributed by atoms with Crippen LogP contribution in [0.5, 0.6) is 0 Å². The predicted molar refractivity (Wildman–Crippen MR) is 76.7 cm³/mol. The number of fused-ring (bicyclic) bond motifs is 1. The zero-order valence-corrected chi connectivity index (χ0v) is 11.1. The summed E-state index contributed by atoms with van der Waals surface area (Å²) in [6.07, 6.45) is 1.79. The van der Waals surface area contributed by atoms with Crippen LogP contribution in [0.2, 0.25) is 0 Å². The van der Waals surface area contributed by atoms with E-state index in [1.54, 1.807) is 17.5 Å². The van der Waals surface area contributed by atoms with Crippen LogP contribution < -0.4 is 5.73 Å². The average molecular weight is 255 g/mol. The van der Waals surface area contributed by atoms with Gasteiger partial charge in [0.25, 0.3) is 0 Å². The summed E-state index contributed by atoms with van der Waals surface area (Å²) in [7, 11) is 0. The Morgan fingerprint density at radius 2 is 2.06 bits per heavy atom. The van der Waals surface area contributed by atoms with E-state index in [1.165, 1.54) is 11.1 Å². The van der Waals surface area contributed by atoms with E-state index >= 15 is 0 Å². The van der Waals surface area contributed by atoms with Crippen LogP contribution in [0.1, 0.15) is 11.1 Å². The van der Waals surface area contributed by atoms with Gasteiger partial charge in [0.05, 0.1) is 0 Å². The molecule has 2 aromatic heterocycles. The molecule has 0 bridgehead atoms. The Labute approximate surface area is 109 Å². The molecule has 18 heavy (non-hydrogen) atoms. The van der Waals surface area contributed by atoms with Gasteiger partial charge >= 0.3 is 0 Å². The van der Waals surface area contributed by atoms with Crippen LogP contribution in [0.25, 0.3) is 20.9 Å². The lowest BCUT2D eigenvalue weighted by Crippen LogP contribution is -1.92. The molecule has 0 aliphatic carbocycles. The van der Waals surface area contributed by atoms with Gasteiger partial charge in [-0.1, -0.05) is 11.3 Å². The lowest BCUT2D eigenvalue weighted by atomic mass is 10.0. The standard InChI is InChI=1S/C14H13N3S/c1-8-6-10(15)7-11(9(8)2)13-17-12-4-3-5-16-14(12)18-13/h3-7H,15H2,1-2H3. The third-order valence-electron chi connectivity index (χ3n) is 3.09. The summed E-state index contributed by atoms with van der Waals surface area (Å²) in [6, 6.07) is 7.87. The lowest BCUT2D eigenvalue weighted by molar-refractivity contribution is 1.33. The molecule has 3 rings (SSSR count). The van der Waals surface area contributed by atoms with Gasteiger partial charge in [-0.3, -0.25) is 0 Å². The number of nitrogen functional groups attached to an aromatic ring is 1. The van der Waals surface area contributed by atoms with Crippen LogP contribution in [0.3, 0.4) is 0 Å². The Morgan fingerprint density at radius 1 is 1.22 bits per heavy atom. The van der Waals surface area contributed by atoms with Crippen molar-refractivity contribution in [3.63, 3.8) is 0 Å². The summed E-state index contributed by atoms with van der Waals surface area (Å²) >= 11 is 1.60. The molecule has 0 aliphatic heterocycles. The number of hydrogen-bond acceptors (Lipinski definition) is 4. The van der Waals surface area contributed by atoms with Gasteiger partial charge < -0.3 is 5.73 Å². The number of aryl methyl sites for hydroxylation is 1. The second kappa shape index (κ2) is 4.07. The second-order valence-electron chi connectivity index (χ2n) is 4.36. The highest BCUT2D eigenvalue weighted by atomic mass is 32.1. The van der Waals surface area contributed by atoms with E-state index in [2.05, 4.69) is 23.8 Å². The topological polar surface area (TPSA) is 51.8 Å². The normalized spacial score (nSPS) is 11.0. The average Bonchev–Trinajstić information content (AvgIpc) is 2.77. The Balaban J connectivity index is 2.26. The number of rotatable bonds is 1. The molecule has 0 unspecified atom stereocenters. The monoisotopic (exact) mass is 255 g/mol. The smallest absolute Gasteiger partial charge is 0.143 e. The molecule has 0 radical (unpaired) electrons. The van der Waals surface area contributed by atoms with E-state index in [9.17, 15) is 0 Å². The largest absolute Gasteiger partial charge is 0.399 e. The molecule has 90 valence electrons. The van der Waals surface area contributed by atoms with Crippen LogP contribution in [0, 0.1) is 13.8 Å². The molecule has 0 amide bonds. The minimum Gasteiger partial charge on any atom is -0.399 e. The summed E-state index contributed by atoms with van der Waals surface area (Å²) < 4.78 is 0. The fourth-order valence-corrected chi connectivity index (χ4v) is 2.98. The summed E-state index contributed by atoms with van der Waals surface area (Å²) in [5, 5.41) is 0.983. The molecule has 0 atom stereocenters. The van der Waals surface area contributed by atoms with Gasteiger partial charge in [0.1, 0.15) is 15.4 Å². The van der Waals surface area contributed by atoms with Gasteiger partial charge in [0, 0.05) is 17.4 Å². The van der Waals surface area contributed by atoms with Crippen molar-refractivity contribution in [3.05, 3.63) is 41.6 Å². The summed E-state index contributed by atoms with van der Waals surface area (Å²) in [5.74, 6) is 0. The third kappa shape index (κ3) is 1.75. The van der Waals surface area contributed by atoms with Crippen molar-refractivity contribution < 1.29 is 0 Å². The van der Waals surface area contributed by atoms with Crippen molar-refractivity contribution in [1.29, 1.82) is 0 Å². The molecular weight excluding hydrogens is 242 g/mol. The first-order chi connectivity index (χ1) is 8.65. The van der Waals surface area contributed by atoms with Crippen molar-refractivity contribution in [2.24, 2.45) is 0 Å². The lowest BCUT2D eigenvalue weighted by Gasteiger charge is -2.07. The van der Waals surface area contributed by atoms with Crippen LogP contribution in [0.4, 0.5) is 5.69 Å². The number of benzene rings is 1. The zero-order chi connectivity index (χ0) is 12.7. The maximum Gasteiger partial charge on any atom is 0.143 e. The molecule has 0 spiro atoms. The van der Waals surface area contributed by atoms with Gasteiger partial charge in [-0.15, -0.1) is 0 Å². The third-order valence-corrected chi connectivity index (χ3v) is 4.10. The molecule has 2 heterocycles. The zero-order valence-electron chi connectivity index (χ0n) is 10.3. The van der Waals surface area contributed by atoms with E-state index in [0.717, 1.165) is 26.6 Å². The summed E-state index contributed by atoms with van der Waals surface area (Å²) in [4.78, 5) is 9.92. The van der Waals surface area contributed by atoms with Crippen LogP contribution in [-0.2, 0) is 0 Å². The fourth-order valence-electron chi connectivity index (χ4n) is 1.99. The van der Waals surface area contributed by atoms with E-state index in [0.29, 0.717) is 0 Å². The number of nitrogens with two attached hydrogens (primary N) is 1. The van der Waals surface area contributed by atoms with Crippen LogP contribution in [0.15, 0.2) is 30.5 Å². The van der Waals surface area contributed by atoms with Gasteiger partial charge in [-0.2, -0.15) is 0 Å². The fraction of sp³-hybridized carbons (Fsp3) is 0.143. The predicted octanol–water partition coefficient (Wildman–Crippen LogP) is 3.56. The Kier molecular flexibility index (Phi) is 2.52. The van der Waals surface area contributed by atoms with Crippen molar-refractivity contribution in [3.8, 4) is 10.6 Å². The SMILES string of the molecule is Cc1cc(N)cc(-c2nc3cccnc3s2)c1C. The van der Waals surface area contributed by atoms with E-state index in [-0.39, 0.29) is 0 Å². The molecule has 3 nitrogen and oxygen atoms in total. The maximum atomic E-state index is 5.92. The van der Waals surface area contributed by atoms with E-state index in [4.69, 9.17) is 5.73 Å². The molecule has 4 heteroatoms. The number of aromatic nitrogens is 2. The van der Waals surface area contributed by atoms with Crippen molar-refractivity contribution in [2.45, 2.75) is 13.8 Å². The second-order valence-corrected chi connectivity index (χ2v) is 5.33. The quantitative estimate of drug-likeness (QED) is 0.676. The first-order valence-corrected chi connectivity index (χ1v) is 6.55. The van der Waals surface area contributed by atoms with Crippen molar-refractivity contribution >= 4 is 27.4 Å². The molecule has 0 saturated heterocycles. The van der Waals surface area contributed by atoms with Gasteiger partial charge in [0.2, 0.25) is 0 Å². The van der Waals surface area contributed by atoms with Crippen molar-refractivity contribution in [1.82, 2.24) is 9.97 Å². The van der Waals surface area contributed by atoms with E-state index in [1.807, 2.05) is 24.3 Å². The maximum absolute atomic E-state index is 5.92. The highest BCUT2D eigenvalue weighted by molar-refractivity contribution is 7.21. The number of pyridine rings is 1. The number of nitrogens with zero attached hydrogens (tertiary/aromatic N) is 2. The van der Waals surface area contributed by atoms with Crippen LogP contribution >= 0.6 is 11.3 Å². The minimum atomic E-state index is 0.778. The Hall–Kier alpha value is -1.94. The number of hydrogen-bond donors (Lipinski definition) is 1. The molecule has 3 aromatic rings. The molecule has 0 saturated carbocycles. The minimum absolute atomic E-state index is 0.778. The Morgan fingerprint density at radius 3 is 2.83 bits per heavy atom. The van der Waals surface area contributed by atoms with Crippen molar-refractivity contribution in [2.75, 3.05) is 5.73 Å². The number of anilines is 1. The summed E-state index contributed by atoms with van der Waals surface area (Å²) in [6.45, 7) is 4.17. The molecule has 1 aromatic carbocycles. The van der Waals surface area contributed by atoms with E-state index < -0.39 is 0 Å². The van der Waals surface area contributed by atoms with Gasteiger partial charge in [0.15, 0.2) is 0 Å². The molecule has 0 aliphatic rings. The summed E-state index contributed by atoms with van der Waals surface area (Å²) in [5.41, 5.74) is 11.2. The first kappa shape index (κ1) is 11.2. The van der Waals surface area contributed by atoms with Gasteiger partial charge in [-0.05, 0) is 49.2 Å². The Bertz CT molecular complexity index is 698. The molecule has 2 N–H and O–H groups in total. The van der Waals surface area contributed by atoms with Crippen LogP contribution in [-0.4, -0.2) is 9.97 Å². The highest BCUT2D eigenvalue weighted by Gasteiger charge is 2.11.